The molecule has 4 heteroatoms. The highest BCUT2D eigenvalue weighted by atomic mass is 32.2. The average molecular weight is 247 g/mol. The maximum Gasteiger partial charge on any atom is 0.166 e. The minimum atomic E-state index is 0.655. The van der Waals surface area contributed by atoms with Gasteiger partial charge < -0.3 is 10.3 Å². The molecule has 1 fully saturated rings. The predicted molar refractivity (Wildman–Crippen MR) is 72.5 cm³/mol. The molecule has 17 heavy (non-hydrogen) atoms. The van der Waals surface area contributed by atoms with Crippen molar-refractivity contribution in [1.29, 1.82) is 0 Å². The second kappa shape index (κ2) is 5.10. The molecule has 0 spiro atoms. The molecule has 3 rings (SSSR count). The molecule has 2 aromatic rings. The minimum Gasteiger partial charge on any atom is -0.333 e. The topological polar surface area (TPSA) is 40.7 Å². The van der Waals surface area contributed by atoms with Gasteiger partial charge in [0.25, 0.3) is 0 Å². The molecule has 1 aromatic heterocycles. The van der Waals surface area contributed by atoms with Gasteiger partial charge in [-0.25, -0.2) is 4.98 Å². The third-order valence-electron chi connectivity index (χ3n) is 3.20. The standard InChI is InChI=1S/C13H17N3S/c1-2-7-12-11(6-1)15-13(16-12)17-9-10-5-3-4-8-14-10/h1-2,6-7,10,14H,3-5,8-9H2,(H,15,16)/t10-/m0/s1. The second-order valence-electron chi connectivity index (χ2n) is 4.52. The van der Waals surface area contributed by atoms with Crippen LogP contribution < -0.4 is 5.32 Å². The van der Waals surface area contributed by atoms with E-state index in [1.807, 2.05) is 23.9 Å². The molecule has 0 aliphatic carbocycles. The highest BCUT2D eigenvalue weighted by molar-refractivity contribution is 7.99. The Balaban J connectivity index is 1.64. The van der Waals surface area contributed by atoms with Gasteiger partial charge in [0.1, 0.15) is 0 Å². The largest absolute Gasteiger partial charge is 0.333 e. The van der Waals surface area contributed by atoms with Gasteiger partial charge in [-0.15, -0.1) is 0 Å². The fourth-order valence-corrected chi connectivity index (χ4v) is 3.23. The van der Waals surface area contributed by atoms with Crippen molar-refractivity contribution in [3.63, 3.8) is 0 Å². The molecule has 0 unspecified atom stereocenters. The number of aromatic nitrogens is 2. The van der Waals surface area contributed by atoms with Crippen molar-refractivity contribution < 1.29 is 0 Å². The number of benzene rings is 1. The summed E-state index contributed by atoms with van der Waals surface area (Å²) in [6.45, 7) is 1.17. The molecule has 1 aliphatic rings. The fraction of sp³-hybridized carbons (Fsp3) is 0.462. The van der Waals surface area contributed by atoms with Crippen LogP contribution in [-0.4, -0.2) is 28.3 Å². The van der Waals surface area contributed by atoms with Gasteiger partial charge in [0.2, 0.25) is 0 Å². The molecular formula is C13H17N3S. The zero-order valence-electron chi connectivity index (χ0n) is 9.78. The second-order valence-corrected chi connectivity index (χ2v) is 5.53. The summed E-state index contributed by atoms with van der Waals surface area (Å²) in [6.07, 6.45) is 3.98. The Hall–Kier alpha value is -1.00. The monoisotopic (exact) mass is 247 g/mol. The third kappa shape index (κ3) is 2.64. The number of aromatic amines is 1. The summed E-state index contributed by atoms with van der Waals surface area (Å²) in [5.41, 5.74) is 2.19. The van der Waals surface area contributed by atoms with E-state index in [1.165, 1.54) is 25.8 Å². The van der Waals surface area contributed by atoms with E-state index < -0.39 is 0 Å². The van der Waals surface area contributed by atoms with Crippen molar-refractivity contribution in [2.75, 3.05) is 12.3 Å². The van der Waals surface area contributed by atoms with Crippen LogP contribution in [0, 0.1) is 0 Å². The first-order valence-electron chi connectivity index (χ1n) is 6.23. The van der Waals surface area contributed by atoms with Crippen molar-refractivity contribution in [1.82, 2.24) is 15.3 Å². The molecule has 0 bridgehead atoms. The lowest BCUT2D eigenvalue weighted by atomic mass is 10.1. The Kier molecular flexibility index (Phi) is 3.34. The van der Waals surface area contributed by atoms with E-state index in [9.17, 15) is 0 Å². The highest BCUT2D eigenvalue weighted by Gasteiger charge is 2.13. The quantitative estimate of drug-likeness (QED) is 0.819. The van der Waals surface area contributed by atoms with Crippen LogP contribution in [0.25, 0.3) is 11.0 Å². The van der Waals surface area contributed by atoms with Crippen molar-refractivity contribution in [2.45, 2.75) is 30.5 Å². The summed E-state index contributed by atoms with van der Waals surface area (Å²) in [7, 11) is 0. The molecule has 1 aromatic carbocycles. The van der Waals surface area contributed by atoms with Gasteiger partial charge in [-0.05, 0) is 31.5 Å². The number of nitrogens with one attached hydrogen (secondary N) is 2. The first kappa shape index (κ1) is 11.1. The van der Waals surface area contributed by atoms with Crippen LogP contribution in [-0.2, 0) is 0 Å². The van der Waals surface area contributed by atoms with E-state index >= 15 is 0 Å². The Labute approximate surface area is 105 Å². The number of rotatable bonds is 3. The van der Waals surface area contributed by atoms with E-state index in [-0.39, 0.29) is 0 Å². The summed E-state index contributed by atoms with van der Waals surface area (Å²) in [4.78, 5) is 7.94. The van der Waals surface area contributed by atoms with Gasteiger partial charge in [0, 0.05) is 11.8 Å². The number of hydrogen-bond donors (Lipinski definition) is 2. The minimum absolute atomic E-state index is 0.655. The third-order valence-corrected chi connectivity index (χ3v) is 4.24. The van der Waals surface area contributed by atoms with Crippen molar-refractivity contribution in [2.24, 2.45) is 0 Å². The van der Waals surface area contributed by atoms with E-state index in [4.69, 9.17) is 0 Å². The molecule has 3 nitrogen and oxygen atoms in total. The lowest BCUT2D eigenvalue weighted by molar-refractivity contribution is 0.430. The fourth-order valence-electron chi connectivity index (χ4n) is 2.24. The Morgan fingerprint density at radius 3 is 3.06 bits per heavy atom. The van der Waals surface area contributed by atoms with Gasteiger partial charge in [-0.2, -0.15) is 0 Å². The number of thioether (sulfide) groups is 1. The smallest absolute Gasteiger partial charge is 0.166 e. The lowest BCUT2D eigenvalue weighted by Gasteiger charge is -2.22. The van der Waals surface area contributed by atoms with Crippen molar-refractivity contribution >= 4 is 22.8 Å². The number of para-hydroxylation sites is 2. The van der Waals surface area contributed by atoms with E-state index in [1.54, 1.807) is 0 Å². The number of nitrogens with zero attached hydrogens (tertiary/aromatic N) is 1. The first-order chi connectivity index (χ1) is 8.42. The van der Waals surface area contributed by atoms with E-state index in [0.29, 0.717) is 6.04 Å². The zero-order chi connectivity index (χ0) is 11.5. The maximum atomic E-state index is 4.58. The lowest BCUT2D eigenvalue weighted by Crippen LogP contribution is -2.35. The molecule has 2 heterocycles. The maximum absolute atomic E-state index is 4.58. The van der Waals surface area contributed by atoms with Crippen LogP contribution in [0.15, 0.2) is 29.4 Å². The Morgan fingerprint density at radius 1 is 1.29 bits per heavy atom. The normalized spacial score (nSPS) is 20.8. The number of hydrogen-bond acceptors (Lipinski definition) is 3. The van der Waals surface area contributed by atoms with Gasteiger partial charge in [0.15, 0.2) is 5.16 Å². The van der Waals surface area contributed by atoms with Crippen LogP contribution in [0.2, 0.25) is 0 Å². The molecule has 0 radical (unpaired) electrons. The van der Waals surface area contributed by atoms with Crippen LogP contribution in [0.1, 0.15) is 19.3 Å². The zero-order valence-corrected chi connectivity index (χ0v) is 10.6. The summed E-state index contributed by atoms with van der Waals surface area (Å²) >= 11 is 1.82. The number of fused-ring (bicyclic) bond motifs is 1. The molecule has 0 saturated carbocycles. The van der Waals surface area contributed by atoms with Gasteiger partial charge in [-0.3, -0.25) is 0 Å². The van der Waals surface area contributed by atoms with Crippen LogP contribution >= 0.6 is 11.8 Å². The number of imidazole rings is 1. The molecule has 0 amide bonds. The molecule has 1 aliphatic heterocycles. The number of H-pyrrole nitrogens is 1. The van der Waals surface area contributed by atoms with Crippen molar-refractivity contribution in [3.05, 3.63) is 24.3 Å². The molecule has 90 valence electrons. The molecule has 1 atom stereocenters. The van der Waals surface area contributed by atoms with Gasteiger partial charge >= 0.3 is 0 Å². The van der Waals surface area contributed by atoms with Gasteiger partial charge in [-0.1, -0.05) is 30.3 Å². The SMILES string of the molecule is c1ccc2[nH]c(SC[C@@H]3CCCCN3)nc2c1. The Bertz CT molecular complexity index is 455. The summed E-state index contributed by atoms with van der Waals surface area (Å²) < 4.78 is 0. The average Bonchev–Trinajstić information content (AvgIpc) is 2.80. The predicted octanol–water partition coefficient (Wildman–Crippen LogP) is 2.80. The highest BCUT2D eigenvalue weighted by Crippen LogP contribution is 2.21. The molecule has 1 saturated heterocycles. The van der Waals surface area contributed by atoms with E-state index in [0.717, 1.165) is 21.9 Å². The van der Waals surface area contributed by atoms with Crippen LogP contribution in [0.5, 0.6) is 0 Å². The van der Waals surface area contributed by atoms with Gasteiger partial charge in [0.05, 0.1) is 11.0 Å². The van der Waals surface area contributed by atoms with Crippen LogP contribution in [0.4, 0.5) is 0 Å². The summed E-state index contributed by atoms with van der Waals surface area (Å²) in [5.74, 6) is 1.11. The summed E-state index contributed by atoms with van der Waals surface area (Å²) in [6, 6.07) is 8.85. The number of piperidine rings is 1. The molecule has 2 N–H and O–H groups in total. The van der Waals surface area contributed by atoms with Crippen LogP contribution in [0.3, 0.4) is 0 Å². The summed E-state index contributed by atoms with van der Waals surface area (Å²) in [5, 5.41) is 4.60. The first-order valence-corrected chi connectivity index (χ1v) is 7.21. The Morgan fingerprint density at radius 2 is 2.24 bits per heavy atom. The van der Waals surface area contributed by atoms with E-state index in [2.05, 4.69) is 27.4 Å². The van der Waals surface area contributed by atoms with Crippen molar-refractivity contribution in [3.8, 4) is 0 Å². The molecular weight excluding hydrogens is 230 g/mol.